The molecule has 0 spiro atoms. The van der Waals surface area contributed by atoms with Gasteiger partial charge in [0.25, 0.3) is 0 Å². The summed E-state index contributed by atoms with van der Waals surface area (Å²) >= 11 is 0. The van der Waals surface area contributed by atoms with Crippen molar-refractivity contribution in [2.45, 2.75) is 72.5 Å². The van der Waals surface area contributed by atoms with E-state index in [0.29, 0.717) is 5.56 Å². The highest BCUT2D eigenvalue weighted by Gasteiger charge is 2.39. The van der Waals surface area contributed by atoms with Gasteiger partial charge in [0.2, 0.25) is 0 Å². The first-order valence-corrected chi connectivity index (χ1v) is 8.78. The molecule has 0 bridgehead atoms. The Bertz CT molecular complexity index is 631. The topological polar surface area (TPSA) is 69.7 Å². The van der Waals surface area contributed by atoms with Crippen molar-refractivity contribution in [3.63, 3.8) is 0 Å². The van der Waals surface area contributed by atoms with Crippen molar-refractivity contribution < 1.29 is 23.9 Å². The fourth-order valence-electron chi connectivity index (χ4n) is 2.45. The van der Waals surface area contributed by atoms with Crippen LogP contribution in [0.4, 0.5) is 0 Å². The van der Waals surface area contributed by atoms with E-state index in [4.69, 9.17) is 9.47 Å². The smallest absolute Gasteiger partial charge is 0.321 e. The SMILES string of the molecule is CC(=O)c1ccc(C(C)C(C(=O)OC(C)(C)C)C(=O)OC(C)(C)C)cc1. The van der Waals surface area contributed by atoms with Crippen molar-refractivity contribution in [3.05, 3.63) is 35.4 Å². The van der Waals surface area contributed by atoms with Gasteiger partial charge in [0, 0.05) is 11.5 Å². The van der Waals surface area contributed by atoms with Crippen LogP contribution in [0, 0.1) is 5.92 Å². The summed E-state index contributed by atoms with van der Waals surface area (Å²) in [5.41, 5.74) is -0.0887. The molecule has 0 radical (unpaired) electrons. The van der Waals surface area contributed by atoms with Crippen molar-refractivity contribution in [1.82, 2.24) is 0 Å². The predicted molar refractivity (Wildman–Crippen MR) is 100 cm³/mol. The molecule has 5 nitrogen and oxygen atoms in total. The number of Topliss-reactive ketones (excluding diaryl/α,β-unsaturated/α-hetero) is 1. The van der Waals surface area contributed by atoms with Crippen LogP contribution in [0.1, 0.15) is 77.2 Å². The molecule has 5 heteroatoms. The summed E-state index contributed by atoms with van der Waals surface area (Å²) in [7, 11) is 0. The van der Waals surface area contributed by atoms with Crippen LogP contribution in [-0.4, -0.2) is 28.9 Å². The molecule has 0 aliphatic rings. The molecule has 26 heavy (non-hydrogen) atoms. The quantitative estimate of drug-likeness (QED) is 0.444. The molecule has 1 atom stereocenters. The van der Waals surface area contributed by atoms with E-state index in [1.807, 2.05) is 0 Å². The molecule has 0 aromatic heterocycles. The fourth-order valence-corrected chi connectivity index (χ4v) is 2.45. The average molecular weight is 362 g/mol. The molecule has 1 aromatic carbocycles. The fraction of sp³-hybridized carbons (Fsp3) is 0.571. The minimum atomic E-state index is -1.09. The summed E-state index contributed by atoms with van der Waals surface area (Å²) in [4.78, 5) is 36.8. The molecule has 0 heterocycles. The maximum Gasteiger partial charge on any atom is 0.321 e. The highest BCUT2D eigenvalue weighted by Crippen LogP contribution is 2.30. The molecule has 0 fully saturated rings. The van der Waals surface area contributed by atoms with Gasteiger partial charge in [-0.15, -0.1) is 0 Å². The van der Waals surface area contributed by atoms with Crippen LogP contribution >= 0.6 is 0 Å². The van der Waals surface area contributed by atoms with E-state index in [9.17, 15) is 14.4 Å². The Kier molecular flexibility index (Phi) is 6.75. The third-order valence-corrected chi connectivity index (χ3v) is 3.66. The molecule has 0 saturated heterocycles. The Morgan fingerprint density at radius 1 is 0.808 bits per heavy atom. The number of carbonyl (C=O) groups excluding carboxylic acids is 3. The lowest BCUT2D eigenvalue weighted by Gasteiger charge is -2.29. The van der Waals surface area contributed by atoms with E-state index in [2.05, 4.69) is 0 Å². The molecule has 0 aliphatic carbocycles. The van der Waals surface area contributed by atoms with E-state index in [1.165, 1.54) is 6.92 Å². The molecule has 0 saturated carbocycles. The second kappa shape index (κ2) is 8.02. The van der Waals surface area contributed by atoms with Crippen molar-refractivity contribution in [3.8, 4) is 0 Å². The summed E-state index contributed by atoms with van der Waals surface area (Å²) in [5.74, 6) is -2.82. The number of ketones is 1. The van der Waals surface area contributed by atoms with Crippen molar-refractivity contribution >= 4 is 17.7 Å². The van der Waals surface area contributed by atoms with Crippen LogP contribution < -0.4 is 0 Å². The van der Waals surface area contributed by atoms with Crippen LogP contribution in [0.5, 0.6) is 0 Å². The number of carbonyl (C=O) groups is 3. The second-order valence-corrected chi connectivity index (χ2v) is 8.51. The molecule has 0 amide bonds. The zero-order valence-corrected chi connectivity index (χ0v) is 17.0. The first-order valence-electron chi connectivity index (χ1n) is 8.78. The first-order chi connectivity index (χ1) is 11.7. The average Bonchev–Trinajstić information content (AvgIpc) is 2.43. The van der Waals surface area contributed by atoms with Gasteiger partial charge in [0.05, 0.1) is 0 Å². The number of hydrogen-bond acceptors (Lipinski definition) is 5. The van der Waals surface area contributed by atoms with Gasteiger partial charge in [-0.25, -0.2) is 0 Å². The molecule has 1 aromatic rings. The largest absolute Gasteiger partial charge is 0.459 e. The number of esters is 2. The summed E-state index contributed by atoms with van der Waals surface area (Å²) in [6.07, 6.45) is 0. The Balaban J connectivity index is 3.18. The monoisotopic (exact) mass is 362 g/mol. The van der Waals surface area contributed by atoms with E-state index in [0.717, 1.165) is 5.56 Å². The van der Waals surface area contributed by atoms with Crippen LogP contribution in [-0.2, 0) is 19.1 Å². The number of hydrogen-bond donors (Lipinski definition) is 0. The summed E-state index contributed by atoms with van der Waals surface area (Å²) in [5, 5.41) is 0. The van der Waals surface area contributed by atoms with Crippen LogP contribution in [0.3, 0.4) is 0 Å². The van der Waals surface area contributed by atoms with Crippen LogP contribution in [0.2, 0.25) is 0 Å². The highest BCUT2D eigenvalue weighted by atomic mass is 16.6. The molecule has 1 rings (SSSR count). The number of ether oxygens (including phenoxy) is 2. The van der Waals surface area contributed by atoms with Crippen LogP contribution in [0.15, 0.2) is 24.3 Å². The van der Waals surface area contributed by atoms with Gasteiger partial charge in [-0.3, -0.25) is 14.4 Å². The Labute approximate surface area is 156 Å². The standard InChI is InChI=1S/C21H30O5/c1-13(15-9-11-16(12-10-15)14(2)22)17(18(23)25-20(3,4)5)19(24)26-21(6,7)8/h9-13,17H,1-8H3. The summed E-state index contributed by atoms with van der Waals surface area (Å²) in [6.45, 7) is 13.8. The van der Waals surface area contributed by atoms with Crippen LogP contribution in [0.25, 0.3) is 0 Å². The summed E-state index contributed by atoms with van der Waals surface area (Å²) < 4.78 is 10.9. The maximum absolute atomic E-state index is 12.7. The molecule has 0 N–H and O–H groups in total. The molecule has 144 valence electrons. The normalized spacial score (nSPS) is 13.3. The Morgan fingerprint density at radius 3 is 1.50 bits per heavy atom. The van der Waals surface area contributed by atoms with Gasteiger partial charge < -0.3 is 9.47 Å². The lowest BCUT2D eigenvalue weighted by atomic mass is 9.86. The van der Waals surface area contributed by atoms with E-state index in [-0.39, 0.29) is 5.78 Å². The zero-order valence-electron chi connectivity index (χ0n) is 17.0. The van der Waals surface area contributed by atoms with Crippen molar-refractivity contribution in [2.24, 2.45) is 5.92 Å². The minimum absolute atomic E-state index is 0.0416. The van der Waals surface area contributed by atoms with E-state index >= 15 is 0 Å². The third kappa shape index (κ3) is 6.62. The Hall–Kier alpha value is -2.17. The van der Waals surface area contributed by atoms with Gasteiger partial charge in [-0.05, 0) is 54.0 Å². The summed E-state index contributed by atoms with van der Waals surface area (Å²) in [6, 6.07) is 6.89. The van der Waals surface area contributed by atoms with Gasteiger partial charge in [-0.1, -0.05) is 31.2 Å². The highest BCUT2D eigenvalue weighted by molar-refractivity contribution is 5.96. The molecular formula is C21H30O5. The maximum atomic E-state index is 12.7. The predicted octanol–water partition coefficient (Wildman–Crippen LogP) is 4.29. The molecule has 1 unspecified atom stereocenters. The van der Waals surface area contributed by atoms with E-state index < -0.39 is 35.0 Å². The van der Waals surface area contributed by atoms with Gasteiger partial charge in [-0.2, -0.15) is 0 Å². The first kappa shape index (κ1) is 21.9. The minimum Gasteiger partial charge on any atom is -0.459 e. The van der Waals surface area contributed by atoms with Crippen molar-refractivity contribution in [1.29, 1.82) is 0 Å². The molecule has 0 aliphatic heterocycles. The van der Waals surface area contributed by atoms with Gasteiger partial charge >= 0.3 is 11.9 Å². The number of rotatable bonds is 5. The lowest BCUT2D eigenvalue weighted by Crippen LogP contribution is -2.39. The third-order valence-electron chi connectivity index (χ3n) is 3.66. The van der Waals surface area contributed by atoms with Gasteiger partial charge in [0.15, 0.2) is 11.7 Å². The van der Waals surface area contributed by atoms with Gasteiger partial charge in [0.1, 0.15) is 11.2 Å². The molecular weight excluding hydrogens is 332 g/mol. The van der Waals surface area contributed by atoms with E-state index in [1.54, 1.807) is 72.7 Å². The lowest BCUT2D eigenvalue weighted by molar-refractivity contribution is -0.175. The zero-order chi connectivity index (χ0) is 20.3. The number of benzene rings is 1. The second-order valence-electron chi connectivity index (χ2n) is 8.51. The Morgan fingerprint density at radius 2 is 1.19 bits per heavy atom. The van der Waals surface area contributed by atoms with Crippen molar-refractivity contribution in [2.75, 3.05) is 0 Å².